The minimum Gasteiger partial charge on any atom is -0.333 e. The van der Waals surface area contributed by atoms with Gasteiger partial charge >= 0.3 is 0 Å². The maximum Gasteiger partial charge on any atom is 0.254 e. The van der Waals surface area contributed by atoms with Crippen molar-refractivity contribution in [1.82, 2.24) is 9.80 Å². The number of fused-ring (bicyclic) bond motifs is 1. The van der Waals surface area contributed by atoms with E-state index in [0.29, 0.717) is 12.1 Å². The van der Waals surface area contributed by atoms with Gasteiger partial charge in [-0.2, -0.15) is 0 Å². The van der Waals surface area contributed by atoms with Crippen LogP contribution in [-0.4, -0.2) is 47.4 Å². The van der Waals surface area contributed by atoms with Crippen molar-refractivity contribution < 1.29 is 4.79 Å². The van der Waals surface area contributed by atoms with E-state index in [9.17, 15) is 4.79 Å². The molecule has 0 bridgehead atoms. The normalized spacial score (nSPS) is 26.6. The molecule has 3 nitrogen and oxygen atoms in total. The molecule has 2 saturated heterocycles. The molecule has 0 aromatic heterocycles. The van der Waals surface area contributed by atoms with Crippen LogP contribution in [0.2, 0.25) is 0 Å². The van der Waals surface area contributed by atoms with Crippen molar-refractivity contribution in [1.29, 1.82) is 0 Å². The molecule has 1 amide bonds. The van der Waals surface area contributed by atoms with Gasteiger partial charge in [0.05, 0.1) is 0 Å². The van der Waals surface area contributed by atoms with Gasteiger partial charge < -0.3 is 4.90 Å². The highest BCUT2D eigenvalue weighted by molar-refractivity contribution is 9.10. The monoisotopic (exact) mass is 336 g/mol. The Morgan fingerprint density at radius 3 is 2.90 bits per heavy atom. The summed E-state index contributed by atoms with van der Waals surface area (Å²) < 4.78 is 1.01. The summed E-state index contributed by atoms with van der Waals surface area (Å²) in [5.41, 5.74) is 1.95. The first-order valence-electron chi connectivity index (χ1n) is 7.37. The van der Waals surface area contributed by atoms with Crippen molar-refractivity contribution in [3.8, 4) is 0 Å². The SMILES string of the molecule is Cc1ccc(C(=O)N2CC3CCCN3CC2C)cc1Br. The van der Waals surface area contributed by atoms with Gasteiger partial charge in [-0.25, -0.2) is 0 Å². The number of carbonyl (C=O) groups excluding carboxylic acids is 1. The Balaban J connectivity index is 1.80. The molecule has 4 heteroatoms. The van der Waals surface area contributed by atoms with Crippen LogP contribution in [0.15, 0.2) is 22.7 Å². The maximum atomic E-state index is 12.7. The lowest BCUT2D eigenvalue weighted by molar-refractivity contribution is 0.0395. The van der Waals surface area contributed by atoms with Gasteiger partial charge in [0, 0.05) is 35.2 Å². The van der Waals surface area contributed by atoms with E-state index in [0.717, 1.165) is 28.7 Å². The number of piperazine rings is 1. The number of halogens is 1. The molecule has 2 aliphatic rings. The summed E-state index contributed by atoms with van der Waals surface area (Å²) in [7, 11) is 0. The molecule has 0 saturated carbocycles. The third-order valence-electron chi connectivity index (χ3n) is 4.62. The molecule has 0 aliphatic carbocycles. The van der Waals surface area contributed by atoms with Gasteiger partial charge in [-0.05, 0) is 50.9 Å². The van der Waals surface area contributed by atoms with Gasteiger partial charge in [0.25, 0.3) is 5.91 Å². The van der Waals surface area contributed by atoms with Crippen molar-refractivity contribution in [2.24, 2.45) is 0 Å². The van der Waals surface area contributed by atoms with Crippen LogP contribution in [0.3, 0.4) is 0 Å². The van der Waals surface area contributed by atoms with Crippen molar-refractivity contribution in [3.63, 3.8) is 0 Å². The first kappa shape index (κ1) is 14.1. The van der Waals surface area contributed by atoms with Gasteiger partial charge in [0.1, 0.15) is 0 Å². The zero-order valence-electron chi connectivity index (χ0n) is 12.1. The Labute approximate surface area is 129 Å². The highest BCUT2D eigenvalue weighted by Crippen LogP contribution is 2.26. The molecule has 2 unspecified atom stereocenters. The Bertz CT molecular complexity index is 531. The van der Waals surface area contributed by atoms with Crippen molar-refractivity contribution in [3.05, 3.63) is 33.8 Å². The van der Waals surface area contributed by atoms with E-state index in [1.807, 2.05) is 25.1 Å². The minimum atomic E-state index is 0.171. The summed E-state index contributed by atoms with van der Waals surface area (Å²) in [4.78, 5) is 17.3. The van der Waals surface area contributed by atoms with Crippen LogP contribution < -0.4 is 0 Å². The van der Waals surface area contributed by atoms with E-state index >= 15 is 0 Å². The summed E-state index contributed by atoms with van der Waals surface area (Å²) in [6.07, 6.45) is 2.50. The number of hydrogen-bond donors (Lipinski definition) is 0. The molecule has 2 atom stereocenters. The zero-order valence-corrected chi connectivity index (χ0v) is 13.7. The van der Waals surface area contributed by atoms with Crippen LogP contribution in [0.5, 0.6) is 0 Å². The van der Waals surface area contributed by atoms with Gasteiger partial charge in [-0.15, -0.1) is 0 Å². The number of nitrogens with zero attached hydrogens (tertiary/aromatic N) is 2. The second-order valence-corrected chi connectivity index (χ2v) is 6.92. The lowest BCUT2D eigenvalue weighted by Gasteiger charge is -2.42. The molecule has 2 heterocycles. The van der Waals surface area contributed by atoms with E-state index < -0.39 is 0 Å². The van der Waals surface area contributed by atoms with Gasteiger partial charge in [-0.1, -0.05) is 22.0 Å². The van der Waals surface area contributed by atoms with Gasteiger partial charge in [0.2, 0.25) is 0 Å². The lowest BCUT2D eigenvalue weighted by Crippen LogP contribution is -2.56. The molecule has 1 aromatic carbocycles. The maximum absolute atomic E-state index is 12.7. The fourth-order valence-electron chi connectivity index (χ4n) is 3.36. The number of hydrogen-bond acceptors (Lipinski definition) is 2. The van der Waals surface area contributed by atoms with Gasteiger partial charge in [0.15, 0.2) is 0 Å². The highest BCUT2D eigenvalue weighted by Gasteiger charge is 2.36. The molecule has 0 spiro atoms. The topological polar surface area (TPSA) is 23.6 Å². The quantitative estimate of drug-likeness (QED) is 0.786. The standard InChI is InChI=1S/C16H21BrN2O/c1-11-5-6-13(8-15(11)17)16(20)19-10-14-4-3-7-18(14)9-12(19)2/h5-6,8,12,14H,3-4,7,9-10H2,1-2H3. The summed E-state index contributed by atoms with van der Waals surface area (Å²) in [6.45, 7) is 7.30. The highest BCUT2D eigenvalue weighted by atomic mass is 79.9. The predicted molar refractivity (Wildman–Crippen MR) is 84.0 cm³/mol. The van der Waals surface area contributed by atoms with Crippen molar-refractivity contribution in [2.45, 2.75) is 38.8 Å². The fraction of sp³-hybridized carbons (Fsp3) is 0.562. The van der Waals surface area contributed by atoms with E-state index in [4.69, 9.17) is 0 Å². The van der Waals surface area contributed by atoms with Crippen LogP contribution in [0.1, 0.15) is 35.7 Å². The molecule has 0 radical (unpaired) electrons. The average Bonchev–Trinajstić information content (AvgIpc) is 2.87. The molecule has 0 N–H and O–H groups in total. The van der Waals surface area contributed by atoms with Crippen LogP contribution in [0, 0.1) is 6.92 Å². The molecule has 20 heavy (non-hydrogen) atoms. The number of rotatable bonds is 1. The first-order chi connectivity index (χ1) is 9.56. The van der Waals surface area contributed by atoms with Crippen LogP contribution in [0.4, 0.5) is 0 Å². The largest absolute Gasteiger partial charge is 0.333 e. The lowest BCUT2D eigenvalue weighted by atomic mass is 10.1. The second kappa shape index (κ2) is 5.49. The third kappa shape index (κ3) is 2.51. The van der Waals surface area contributed by atoms with E-state index in [-0.39, 0.29) is 5.91 Å². The van der Waals surface area contributed by atoms with E-state index in [1.165, 1.54) is 19.4 Å². The van der Waals surface area contributed by atoms with Crippen LogP contribution in [-0.2, 0) is 0 Å². The van der Waals surface area contributed by atoms with Gasteiger partial charge in [-0.3, -0.25) is 9.69 Å². The molecule has 108 valence electrons. The van der Waals surface area contributed by atoms with E-state index in [1.54, 1.807) is 0 Å². The Hall–Kier alpha value is -0.870. The molecule has 2 fully saturated rings. The smallest absolute Gasteiger partial charge is 0.254 e. The summed E-state index contributed by atoms with van der Waals surface area (Å²) in [5, 5.41) is 0. The molecule has 3 rings (SSSR count). The van der Waals surface area contributed by atoms with E-state index in [2.05, 4.69) is 32.7 Å². The fourth-order valence-corrected chi connectivity index (χ4v) is 3.74. The van der Waals surface area contributed by atoms with Crippen LogP contribution in [0.25, 0.3) is 0 Å². The number of carbonyl (C=O) groups is 1. The number of amides is 1. The predicted octanol–water partition coefficient (Wildman–Crippen LogP) is 3.07. The zero-order chi connectivity index (χ0) is 14.3. The summed E-state index contributed by atoms with van der Waals surface area (Å²) in [5.74, 6) is 0.171. The molecule has 2 aliphatic heterocycles. The average molecular weight is 337 g/mol. The minimum absolute atomic E-state index is 0.171. The first-order valence-corrected chi connectivity index (χ1v) is 8.16. The summed E-state index contributed by atoms with van der Waals surface area (Å²) >= 11 is 3.52. The van der Waals surface area contributed by atoms with Crippen molar-refractivity contribution >= 4 is 21.8 Å². The Morgan fingerprint density at radius 2 is 2.15 bits per heavy atom. The van der Waals surface area contributed by atoms with Crippen molar-refractivity contribution in [2.75, 3.05) is 19.6 Å². The molecule has 1 aromatic rings. The Morgan fingerprint density at radius 1 is 1.35 bits per heavy atom. The van der Waals surface area contributed by atoms with Crippen LogP contribution >= 0.6 is 15.9 Å². The molecular formula is C16H21BrN2O. The second-order valence-electron chi connectivity index (χ2n) is 6.06. The number of benzene rings is 1. The summed E-state index contributed by atoms with van der Waals surface area (Å²) in [6, 6.07) is 6.77. The third-order valence-corrected chi connectivity index (χ3v) is 5.47. The number of aryl methyl sites for hydroxylation is 1. The molecular weight excluding hydrogens is 316 g/mol. The Kier molecular flexibility index (Phi) is 3.87.